The van der Waals surface area contributed by atoms with Crippen LogP contribution < -0.4 is 10.6 Å². The Balaban J connectivity index is 1.70. The van der Waals surface area contributed by atoms with Crippen molar-refractivity contribution in [2.45, 2.75) is 51.1 Å². The molecule has 0 saturated heterocycles. The lowest BCUT2D eigenvalue weighted by molar-refractivity contribution is -0.156. The van der Waals surface area contributed by atoms with E-state index >= 15 is 0 Å². The molecule has 3 aromatic carbocycles. The van der Waals surface area contributed by atoms with Crippen molar-refractivity contribution in [3.8, 4) is 0 Å². The van der Waals surface area contributed by atoms with Crippen LogP contribution in [-0.4, -0.2) is 71.7 Å². The molecule has 3 aromatic rings. The number of amides is 3. The Morgan fingerprint density at radius 2 is 1.22 bits per heavy atom. The van der Waals surface area contributed by atoms with Crippen LogP contribution in [0.4, 0.5) is 4.79 Å². The predicted molar refractivity (Wildman–Crippen MR) is 189 cm³/mol. The highest BCUT2D eigenvalue weighted by atomic mass is 16.6. The summed E-state index contributed by atoms with van der Waals surface area (Å²) in [5, 5.41) is 14.6. The molecule has 3 amide bonds. The van der Waals surface area contributed by atoms with Crippen LogP contribution in [0.25, 0.3) is 0 Å². The SMILES string of the molecule is C=CC[C@@H](CC(=O)N(CCO)Cc1ccccc1)C(=O)N[C@H](COC(=O)[C@@H](CC=C)NC(=O)OCc1ccccc1)C(=O)OCc1ccccc1. The monoisotopic (exact) mass is 699 g/mol. The molecule has 0 aromatic heterocycles. The molecule has 0 fully saturated rings. The third-order valence-corrected chi connectivity index (χ3v) is 7.59. The van der Waals surface area contributed by atoms with Gasteiger partial charge in [-0.25, -0.2) is 14.4 Å². The van der Waals surface area contributed by atoms with E-state index in [1.807, 2.05) is 42.5 Å². The molecule has 12 heteroatoms. The number of esters is 2. The van der Waals surface area contributed by atoms with Crippen molar-refractivity contribution in [3.63, 3.8) is 0 Å². The van der Waals surface area contributed by atoms with Gasteiger partial charge in [-0.2, -0.15) is 0 Å². The maximum atomic E-state index is 13.6. The second-order valence-electron chi connectivity index (χ2n) is 11.5. The molecule has 270 valence electrons. The maximum absolute atomic E-state index is 13.6. The molecular formula is C39H45N3O9. The highest BCUT2D eigenvalue weighted by Crippen LogP contribution is 2.15. The fourth-order valence-electron chi connectivity index (χ4n) is 4.88. The Morgan fingerprint density at radius 1 is 0.686 bits per heavy atom. The van der Waals surface area contributed by atoms with Gasteiger partial charge in [0.25, 0.3) is 0 Å². The van der Waals surface area contributed by atoms with Crippen LogP contribution >= 0.6 is 0 Å². The third-order valence-electron chi connectivity index (χ3n) is 7.59. The molecule has 0 aliphatic heterocycles. The first-order valence-corrected chi connectivity index (χ1v) is 16.5. The summed E-state index contributed by atoms with van der Waals surface area (Å²) < 4.78 is 16.1. The van der Waals surface area contributed by atoms with Crippen LogP contribution in [0.15, 0.2) is 116 Å². The summed E-state index contributed by atoms with van der Waals surface area (Å²) >= 11 is 0. The van der Waals surface area contributed by atoms with Crippen molar-refractivity contribution in [2.75, 3.05) is 19.8 Å². The van der Waals surface area contributed by atoms with Gasteiger partial charge >= 0.3 is 18.0 Å². The first-order valence-electron chi connectivity index (χ1n) is 16.5. The first-order chi connectivity index (χ1) is 24.7. The number of allylic oxidation sites excluding steroid dienone is 1. The highest BCUT2D eigenvalue weighted by Gasteiger charge is 2.31. The smallest absolute Gasteiger partial charge is 0.408 e. The highest BCUT2D eigenvalue weighted by molar-refractivity contribution is 5.89. The zero-order chi connectivity index (χ0) is 36.8. The third kappa shape index (κ3) is 14.3. The van der Waals surface area contributed by atoms with E-state index in [-0.39, 0.29) is 58.1 Å². The number of nitrogens with one attached hydrogen (secondary N) is 2. The number of nitrogens with zero attached hydrogens (tertiary/aromatic N) is 1. The fraction of sp³-hybridized carbons (Fsp3) is 0.308. The minimum absolute atomic E-state index is 0.00834. The minimum atomic E-state index is -1.46. The molecule has 0 spiro atoms. The van der Waals surface area contributed by atoms with Crippen LogP contribution in [0, 0.1) is 5.92 Å². The molecule has 0 aliphatic carbocycles. The number of carbonyl (C=O) groups excluding carboxylic acids is 5. The van der Waals surface area contributed by atoms with Crippen LogP contribution in [-0.2, 0) is 53.1 Å². The Hall–Kier alpha value is -5.75. The number of hydrogen-bond acceptors (Lipinski definition) is 9. The lowest BCUT2D eigenvalue weighted by Gasteiger charge is -2.25. The van der Waals surface area contributed by atoms with E-state index in [0.29, 0.717) is 5.56 Å². The summed E-state index contributed by atoms with van der Waals surface area (Å²) in [6.45, 7) is 6.57. The van der Waals surface area contributed by atoms with Crippen LogP contribution in [0.2, 0.25) is 0 Å². The quantitative estimate of drug-likeness (QED) is 0.0840. The Bertz CT molecular complexity index is 1570. The molecule has 3 atom stereocenters. The minimum Gasteiger partial charge on any atom is -0.461 e. The van der Waals surface area contributed by atoms with Crippen LogP contribution in [0.1, 0.15) is 36.0 Å². The molecule has 12 nitrogen and oxygen atoms in total. The van der Waals surface area contributed by atoms with E-state index in [0.717, 1.165) is 11.1 Å². The molecule has 0 unspecified atom stereocenters. The number of hydrogen-bond donors (Lipinski definition) is 3. The zero-order valence-electron chi connectivity index (χ0n) is 28.5. The Kier molecular flexibility index (Phi) is 17.2. The first kappa shape index (κ1) is 39.7. The predicted octanol–water partition coefficient (Wildman–Crippen LogP) is 4.23. The number of ether oxygens (including phenoxy) is 3. The molecule has 3 rings (SSSR count). The topological polar surface area (TPSA) is 161 Å². The second-order valence-corrected chi connectivity index (χ2v) is 11.5. The van der Waals surface area contributed by atoms with Crippen molar-refractivity contribution >= 4 is 29.8 Å². The summed E-state index contributed by atoms with van der Waals surface area (Å²) in [5.74, 6) is -3.79. The fourth-order valence-corrected chi connectivity index (χ4v) is 4.88. The number of carbonyl (C=O) groups is 5. The van der Waals surface area contributed by atoms with Crippen molar-refractivity contribution < 1.29 is 43.3 Å². The second kappa shape index (κ2) is 22.1. The lowest BCUT2D eigenvalue weighted by Crippen LogP contribution is -2.49. The number of rotatable bonds is 21. The van der Waals surface area contributed by atoms with Crippen molar-refractivity contribution in [1.82, 2.24) is 15.5 Å². The van der Waals surface area contributed by atoms with Gasteiger partial charge in [0.15, 0.2) is 6.04 Å². The van der Waals surface area contributed by atoms with Gasteiger partial charge in [0.1, 0.15) is 25.9 Å². The lowest BCUT2D eigenvalue weighted by atomic mass is 9.98. The van der Waals surface area contributed by atoms with Gasteiger partial charge in [-0.3, -0.25) is 9.59 Å². The molecule has 0 radical (unpaired) electrons. The van der Waals surface area contributed by atoms with E-state index < -0.39 is 48.5 Å². The van der Waals surface area contributed by atoms with Crippen molar-refractivity contribution in [3.05, 3.63) is 133 Å². The van der Waals surface area contributed by atoms with Crippen molar-refractivity contribution in [1.29, 1.82) is 0 Å². The average Bonchev–Trinajstić information content (AvgIpc) is 3.15. The van der Waals surface area contributed by atoms with E-state index in [9.17, 15) is 29.1 Å². The molecular weight excluding hydrogens is 654 g/mol. The van der Waals surface area contributed by atoms with E-state index in [1.165, 1.54) is 17.1 Å². The molecule has 0 aliphatic rings. The summed E-state index contributed by atoms with van der Waals surface area (Å²) in [5.41, 5.74) is 2.28. The summed E-state index contributed by atoms with van der Waals surface area (Å²) in [6, 6.07) is 24.4. The number of alkyl carbamates (subject to hydrolysis) is 1. The number of aliphatic hydroxyl groups excluding tert-OH is 1. The Labute approximate surface area is 298 Å². The normalized spacial score (nSPS) is 12.3. The van der Waals surface area contributed by atoms with Crippen LogP contribution in [0.3, 0.4) is 0 Å². The Morgan fingerprint density at radius 3 is 1.76 bits per heavy atom. The summed E-state index contributed by atoms with van der Waals surface area (Å²) in [6.07, 6.45) is 1.87. The molecule has 3 N–H and O–H groups in total. The van der Waals surface area contributed by atoms with Gasteiger partial charge in [-0.05, 0) is 29.5 Å². The molecule has 0 heterocycles. The summed E-state index contributed by atoms with van der Waals surface area (Å²) in [4.78, 5) is 67.3. The summed E-state index contributed by atoms with van der Waals surface area (Å²) in [7, 11) is 0. The largest absolute Gasteiger partial charge is 0.461 e. The molecule has 0 saturated carbocycles. The van der Waals surface area contributed by atoms with E-state index in [2.05, 4.69) is 23.8 Å². The van der Waals surface area contributed by atoms with Gasteiger partial charge < -0.3 is 34.9 Å². The van der Waals surface area contributed by atoms with Gasteiger partial charge in [0.05, 0.1) is 12.5 Å². The standard InChI is InChI=1S/C39H45N3O9/c1-3-14-32(24-35(44)42(22-23-43)25-29-16-8-5-9-17-29)36(45)40-34(38(47)49-26-30-18-10-6-11-19-30)28-50-37(46)33(15-4-2)41-39(48)51-27-31-20-12-7-13-21-31/h3-13,16-21,32-34,43H,1-2,14-15,22-28H2,(H,40,45)(H,41,48)/t32-,33+,34+/m0/s1. The maximum Gasteiger partial charge on any atom is 0.408 e. The van der Waals surface area contributed by atoms with Crippen molar-refractivity contribution in [2.24, 2.45) is 5.92 Å². The van der Waals surface area contributed by atoms with Gasteiger partial charge in [-0.1, -0.05) is 103 Å². The van der Waals surface area contributed by atoms with E-state index in [1.54, 1.807) is 48.5 Å². The molecule has 0 bridgehead atoms. The van der Waals surface area contributed by atoms with E-state index in [4.69, 9.17) is 14.2 Å². The van der Waals surface area contributed by atoms with Crippen LogP contribution in [0.5, 0.6) is 0 Å². The molecule has 51 heavy (non-hydrogen) atoms. The number of benzene rings is 3. The van der Waals surface area contributed by atoms with Gasteiger partial charge in [0, 0.05) is 19.5 Å². The van der Waals surface area contributed by atoms with Gasteiger partial charge in [0.2, 0.25) is 11.8 Å². The van der Waals surface area contributed by atoms with Gasteiger partial charge in [-0.15, -0.1) is 13.2 Å². The average molecular weight is 700 g/mol. The zero-order valence-corrected chi connectivity index (χ0v) is 28.5. The number of aliphatic hydroxyl groups is 1.